The molecule has 6 heteroatoms. The number of nitro benzene ring substituents is 1. The number of likely N-dealkylation sites (tertiary alicyclic amines) is 1. The highest BCUT2D eigenvalue weighted by Gasteiger charge is 2.47. The van der Waals surface area contributed by atoms with Crippen LogP contribution >= 0.6 is 0 Å². The summed E-state index contributed by atoms with van der Waals surface area (Å²) in [6.45, 7) is 2.00. The molecule has 0 spiro atoms. The van der Waals surface area contributed by atoms with Crippen molar-refractivity contribution in [2.75, 3.05) is 20.1 Å². The van der Waals surface area contributed by atoms with E-state index in [4.69, 9.17) is 0 Å². The number of aromatic amines is 1. The monoisotopic (exact) mass is 377 g/mol. The number of phenolic OH excluding ortho intramolecular Hbond substituents is 1. The fourth-order valence-electron chi connectivity index (χ4n) is 5.38. The van der Waals surface area contributed by atoms with Gasteiger partial charge in [-0.1, -0.05) is 12.1 Å². The lowest BCUT2D eigenvalue weighted by molar-refractivity contribution is -0.384. The van der Waals surface area contributed by atoms with Crippen molar-refractivity contribution in [3.8, 4) is 5.75 Å². The van der Waals surface area contributed by atoms with Crippen LogP contribution in [0.5, 0.6) is 5.75 Å². The van der Waals surface area contributed by atoms with Crippen molar-refractivity contribution in [1.29, 1.82) is 0 Å². The minimum absolute atomic E-state index is 0.0228. The second-order valence-corrected chi connectivity index (χ2v) is 8.37. The maximum atomic E-state index is 11.2. The Morgan fingerprint density at radius 2 is 2.14 bits per heavy atom. The highest BCUT2D eigenvalue weighted by atomic mass is 16.6. The number of rotatable bonds is 2. The number of aromatic hydroxyl groups is 1. The molecule has 2 atom stereocenters. The van der Waals surface area contributed by atoms with E-state index in [-0.39, 0.29) is 16.0 Å². The Hall–Kier alpha value is -2.86. The average molecular weight is 377 g/mol. The van der Waals surface area contributed by atoms with Crippen molar-refractivity contribution in [3.05, 3.63) is 69.4 Å². The number of hydrogen-bond acceptors (Lipinski definition) is 4. The lowest BCUT2D eigenvalue weighted by Gasteiger charge is -2.50. The van der Waals surface area contributed by atoms with Crippen LogP contribution in [0.3, 0.4) is 0 Å². The quantitative estimate of drug-likeness (QED) is 0.526. The molecule has 2 unspecified atom stereocenters. The lowest BCUT2D eigenvalue weighted by atomic mass is 9.59. The van der Waals surface area contributed by atoms with Gasteiger partial charge in [0, 0.05) is 40.7 Å². The molecule has 0 saturated carbocycles. The fraction of sp³-hybridized carbons (Fsp3) is 0.364. The zero-order chi connectivity index (χ0) is 19.5. The molecule has 1 aliphatic heterocycles. The molecule has 2 N–H and O–H groups in total. The van der Waals surface area contributed by atoms with E-state index < -0.39 is 0 Å². The van der Waals surface area contributed by atoms with E-state index in [1.165, 1.54) is 16.8 Å². The van der Waals surface area contributed by atoms with Crippen molar-refractivity contribution in [2.24, 2.45) is 5.92 Å². The van der Waals surface area contributed by atoms with Gasteiger partial charge in [-0.3, -0.25) is 10.1 Å². The molecule has 2 aromatic carbocycles. The lowest BCUT2D eigenvalue weighted by Crippen LogP contribution is -2.52. The zero-order valence-corrected chi connectivity index (χ0v) is 15.8. The Morgan fingerprint density at radius 1 is 1.29 bits per heavy atom. The van der Waals surface area contributed by atoms with Gasteiger partial charge >= 0.3 is 0 Å². The van der Waals surface area contributed by atoms with Crippen molar-refractivity contribution in [3.63, 3.8) is 0 Å². The summed E-state index contributed by atoms with van der Waals surface area (Å²) in [5, 5.41) is 22.3. The van der Waals surface area contributed by atoms with Crippen LogP contribution in [0.15, 0.2) is 42.5 Å². The number of nitrogens with zero attached hydrogens (tertiary/aromatic N) is 2. The first-order valence-electron chi connectivity index (χ1n) is 9.72. The number of phenols is 1. The van der Waals surface area contributed by atoms with E-state index in [9.17, 15) is 15.2 Å². The van der Waals surface area contributed by atoms with Crippen LogP contribution in [0.4, 0.5) is 5.69 Å². The maximum Gasteiger partial charge on any atom is 0.270 e. The summed E-state index contributed by atoms with van der Waals surface area (Å²) < 4.78 is 0. The Labute approximate surface area is 162 Å². The number of aromatic nitrogens is 1. The molecule has 1 aromatic heterocycles. The first-order valence-corrected chi connectivity index (χ1v) is 9.72. The number of benzene rings is 2. The molecule has 5 rings (SSSR count). The molecule has 6 nitrogen and oxygen atoms in total. The Kier molecular flexibility index (Phi) is 3.74. The molecule has 1 saturated heterocycles. The van der Waals surface area contributed by atoms with Gasteiger partial charge in [0.15, 0.2) is 0 Å². The third-order valence-electron chi connectivity index (χ3n) is 6.81. The summed E-state index contributed by atoms with van der Waals surface area (Å²) >= 11 is 0. The van der Waals surface area contributed by atoms with Crippen LogP contribution < -0.4 is 0 Å². The smallest absolute Gasteiger partial charge is 0.270 e. The normalized spacial score (nSPS) is 24.7. The molecule has 1 aliphatic carbocycles. The summed E-state index contributed by atoms with van der Waals surface area (Å²) in [7, 11) is 2.15. The van der Waals surface area contributed by atoms with Gasteiger partial charge in [0.05, 0.1) is 4.92 Å². The number of hydrogen-bond donors (Lipinski definition) is 2. The minimum atomic E-state index is -0.326. The molecular weight excluding hydrogens is 354 g/mol. The maximum absolute atomic E-state index is 11.2. The van der Waals surface area contributed by atoms with Crippen LogP contribution in [0.25, 0.3) is 10.9 Å². The van der Waals surface area contributed by atoms with Gasteiger partial charge in [0.1, 0.15) is 5.75 Å². The summed E-state index contributed by atoms with van der Waals surface area (Å²) in [5.41, 5.74) is 4.68. The molecule has 0 radical (unpaired) electrons. The van der Waals surface area contributed by atoms with Gasteiger partial charge in [-0.05, 0) is 68.1 Å². The molecule has 1 fully saturated rings. The van der Waals surface area contributed by atoms with Crippen molar-refractivity contribution < 1.29 is 10.0 Å². The Balaban J connectivity index is 1.67. The van der Waals surface area contributed by atoms with Crippen LogP contribution in [0.1, 0.15) is 23.2 Å². The number of fused-ring (bicyclic) bond motifs is 4. The number of nitro groups is 1. The highest BCUT2D eigenvalue weighted by molar-refractivity contribution is 5.87. The summed E-state index contributed by atoms with van der Waals surface area (Å²) in [4.78, 5) is 16.8. The third kappa shape index (κ3) is 2.52. The van der Waals surface area contributed by atoms with E-state index in [0.29, 0.717) is 11.7 Å². The van der Waals surface area contributed by atoms with E-state index in [2.05, 4.69) is 23.0 Å². The Morgan fingerprint density at radius 3 is 2.93 bits per heavy atom. The number of non-ortho nitro benzene ring substituents is 1. The van der Waals surface area contributed by atoms with Crippen LogP contribution in [0.2, 0.25) is 0 Å². The topological polar surface area (TPSA) is 82.4 Å². The van der Waals surface area contributed by atoms with Crippen LogP contribution in [-0.4, -0.2) is 40.1 Å². The van der Waals surface area contributed by atoms with Crippen molar-refractivity contribution >= 4 is 16.6 Å². The largest absolute Gasteiger partial charge is 0.508 e. The first-order chi connectivity index (χ1) is 13.5. The molecule has 144 valence electrons. The summed E-state index contributed by atoms with van der Waals surface area (Å²) in [6, 6.07) is 12.8. The predicted octanol–water partition coefficient (Wildman–Crippen LogP) is 3.77. The molecule has 28 heavy (non-hydrogen) atoms. The molecule has 3 aromatic rings. The molecular formula is C22H23N3O3. The number of piperidine rings is 1. The second kappa shape index (κ2) is 6.07. The van der Waals surface area contributed by atoms with E-state index >= 15 is 0 Å². The van der Waals surface area contributed by atoms with Crippen LogP contribution in [-0.2, 0) is 18.3 Å². The summed E-state index contributed by atoms with van der Waals surface area (Å²) in [5.74, 6) is 0.710. The van der Waals surface area contributed by atoms with Crippen molar-refractivity contribution in [2.45, 2.75) is 24.7 Å². The van der Waals surface area contributed by atoms with Gasteiger partial charge in [-0.2, -0.15) is 0 Å². The van der Waals surface area contributed by atoms with Crippen LogP contribution in [0, 0.1) is 16.0 Å². The van der Waals surface area contributed by atoms with Gasteiger partial charge in [-0.15, -0.1) is 0 Å². The molecule has 2 aliphatic rings. The van der Waals surface area contributed by atoms with E-state index in [1.807, 2.05) is 18.2 Å². The average Bonchev–Trinajstić information content (AvgIpc) is 3.02. The minimum Gasteiger partial charge on any atom is -0.508 e. The number of nitrogens with one attached hydrogen (secondary N) is 1. The third-order valence-corrected chi connectivity index (χ3v) is 6.81. The fourth-order valence-corrected chi connectivity index (χ4v) is 5.38. The first kappa shape index (κ1) is 17.3. The van der Waals surface area contributed by atoms with E-state index in [1.54, 1.807) is 18.2 Å². The Bertz CT molecular complexity index is 1090. The standard InChI is InChI=1S/C22H23N3O3/c1-24-8-7-22(14-3-2-4-17(26)9-14)12-21-18(10-15(22)13-24)19-11-16(25(27)28)5-6-20(19)23-21/h2-6,9,11,15,23,26H,7-8,10,12-13H2,1H3. The summed E-state index contributed by atoms with van der Waals surface area (Å²) in [6.07, 6.45) is 2.79. The molecule has 2 heterocycles. The van der Waals surface area contributed by atoms with Gasteiger partial charge in [-0.25, -0.2) is 0 Å². The number of H-pyrrole nitrogens is 1. The predicted molar refractivity (Wildman–Crippen MR) is 108 cm³/mol. The van der Waals surface area contributed by atoms with Gasteiger partial charge in [0.2, 0.25) is 0 Å². The van der Waals surface area contributed by atoms with Gasteiger partial charge < -0.3 is 15.0 Å². The van der Waals surface area contributed by atoms with Crippen molar-refractivity contribution in [1.82, 2.24) is 9.88 Å². The zero-order valence-electron chi connectivity index (χ0n) is 15.8. The second-order valence-electron chi connectivity index (χ2n) is 8.37. The van der Waals surface area contributed by atoms with Gasteiger partial charge in [0.25, 0.3) is 5.69 Å². The molecule has 0 amide bonds. The van der Waals surface area contributed by atoms with E-state index in [0.717, 1.165) is 43.3 Å². The SMILES string of the molecule is CN1CCC2(c3cccc(O)c3)Cc3[nH]c4ccc([N+](=O)[O-])cc4c3CC2C1. The highest BCUT2D eigenvalue weighted by Crippen LogP contribution is 2.49. The molecule has 0 bridgehead atoms.